The van der Waals surface area contributed by atoms with Crippen LogP contribution in [0.3, 0.4) is 0 Å². The number of hydrogen-bond donors (Lipinski definition) is 2. The molecule has 2 fully saturated rings. The number of nitrogens with two attached hydrogens (primary N) is 2. The number of halogens is 2. The molecule has 1 saturated carbocycles. The van der Waals surface area contributed by atoms with Crippen LogP contribution in [0.4, 0.5) is 10.1 Å². The minimum absolute atomic E-state index is 0.00224. The SMILES string of the molecule is C/C(N)=C(\c1ccc2c(c1)nc([C@@H]1CCCC(=O)N1c1ccc(F)c(Cl)c1)n2C1CCCCC1)N(C)N. The monoisotopic (exact) mass is 524 g/mol. The Balaban J connectivity index is 1.68. The van der Waals surface area contributed by atoms with Crippen LogP contribution < -0.4 is 16.5 Å². The molecule has 1 aliphatic carbocycles. The van der Waals surface area contributed by atoms with Gasteiger partial charge in [0.05, 0.1) is 27.8 Å². The number of benzene rings is 2. The second-order valence-corrected chi connectivity index (χ2v) is 10.7. The zero-order valence-electron chi connectivity index (χ0n) is 21.4. The Hall–Kier alpha value is -3.10. The molecule has 1 aliphatic heterocycles. The molecule has 3 aromatic rings. The molecule has 1 atom stereocenters. The zero-order chi connectivity index (χ0) is 26.3. The van der Waals surface area contributed by atoms with Gasteiger partial charge in [0.25, 0.3) is 0 Å². The summed E-state index contributed by atoms with van der Waals surface area (Å²) in [6, 6.07) is 10.7. The molecule has 2 aliphatic rings. The molecule has 1 saturated heterocycles. The molecule has 0 bridgehead atoms. The number of piperidine rings is 1. The Bertz CT molecular complexity index is 1360. The van der Waals surface area contributed by atoms with Gasteiger partial charge in [0.2, 0.25) is 5.91 Å². The van der Waals surface area contributed by atoms with E-state index in [1.807, 2.05) is 19.1 Å². The fourth-order valence-electron chi connectivity index (χ4n) is 6.01. The second-order valence-electron chi connectivity index (χ2n) is 10.2. The van der Waals surface area contributed by atoms with Crippen molar-refractivity contribution in [2.75, 3.05) is 11.9 Å². The molecule has 0 spiro atoms. The molecule has 0 unspecified atom stereocenters. The Morgan fingerprint density at radius 3 is 2.54 bits per heavy atom. The topological polar surface area (TPSA) is 93.4 Å². The predicted octanol–water partition coefficient (Wildman–Crippen LogP) is 6.04. The summed E-state index contributed by atoms with van der Waals surface area (Å²) in [5.41, 5.74) is 10.9. The number of imidazole rings is 1. The normalized spacial score (nSPS) is 19.9. The van der Waals surface area contributed by atoms with Crippen LogP contribution in [0.25, 0.3) is 16.7 Å². The first-order chi connectivity index (χ1) is 17.8. The van der Waals surface area contributed by atoms with E-state index in [4.69, 9.17) is 28.2 Å². The summed E-state index contributed by atoms with van der Waals surface area (Å²) in [6.45, 7) is 1.83. The van der Waals surface area contributed by atoms with Gasteiger partial charge in [-0.2, -0.15) is 0 Å². The van der Waals surface area contributed by atoms with Crippen LogP contribution in [0.15, 0.2) is 42.1 Å². The number of rotatable bonds is 5. The highest BCUT2D eigenvalue weighted by atomic mass is 35.5. The molecular weight excluding hydrogens is 491 g/mol. The maximum absolute atomic E-state index is 14.0. The van der Waals surface area contributed by atoms with Crippen molar-refractivity contribution in [3.05, 3.63) is 64.3 Å². The number of amides is 1. The molecule has 37 heavy (non-hydrogen) atoms. The summed E-state index contributed by atoms with van der Waals surface area (Å²) in [4.78, 5) is 20.2. The van der Waals surface area contributed by atoms with Gasteiger partial charge in [-0.1, -0.05) is 36.9 Å². The number of anilines is 1. The molecule has 2 aromatic carbocycles. The molecule has 2 heterocycles. The third kappa shape index (κ3) is 4.80. The van der Waals surface area contributed by atoms with Crippen molar-refractivity contribution >= 4 is 39.9 Å². The largest absolute Gasteiger partial charge is 0.401 e. The van der Waals surface area contributed by atoms with E-state index in [1.165, 1.54) is 36.4 Å². The minimum Gasteiger partial charge on any atom is -0.401 e. The van der Waals surface area contributed by atoms with Crippen LogP contribution >= 0.6 is 11.6 Å². The zero-order valence-corrected chi connectivity index (χ0v) is 22.1. The van der Waals surface area contributed by atoms with Gasteiger partial charge in [-0.25, -0.2) is 15.2 Å². The first-order valence-electron chi connectivity index (χ1n) is 13.0. The summed E-state index contributed by atoms with van der Waals surface area (Å²) in [7, 11) is 1.77. The highest BCUT2D eigenvalue weighted by molar-refractivity contribution is 6.31. The van der Waals surface area contributed by atoms with Crippen molar-refractivity contribution < 1.29 is 9.18 Å². The summed E-state index contributed by atoms with van der Waals surface area (Å²) in [5, 5.41) is 1.53. The first kappa shape index (κ1) is 25.5. The van der Waals surface area contributed by atoms with Gasteiger partial charge in [-0.15, -0.1) is 0 Å². The number of allylic oxidation sites excluding steroid dienone is 1. The maximum atomic E-state index is 14.0. The van der Waals surface area contributed by atoms with Crippen LogP contribution in [0, 0.1) is 5.82 Å². The van der Waals surface area contributed by atoms with Gasteiger partial charge >= 0.3 is 0 Å². The Morgan fingerprint density at radius 1 is 1.11 bits per heavy atom. The molecular formula is C28H34ClFN6O. The highest BCUT2D eigenvalue weighted by Gasteiger charge is 2.36. The number of aromatic nitrogens is 2. The van der Waals surface area contributed by atoms with Gasteiger partial charge in [-0.3, -0.25) is 4.79 Å². The van der Waals surface area contributed by atoms with E-state index >= 15 is 0 Å². The molecule has 1 aromatic heterocycles. The standard InChI is InChI=1S/C28H34ClFN6O/c1-17(31)27(34(2)32)18-11-14-24-23(15-18)33-28(36(24)19-7-4-3-5-8-19)25-9-6-10-26(37)35(25)20-12-13-22(30)21(29)16-20/h11-16,19,25H,3-10,31-32H2,1-2H3/b27-17-/t25-/m0/s1. The Kier molecular flexibility index (Phi) is 7.14. The lowest BCUT2D eigenvalue weighted by atomic mass is 9.94. The van der Waals surface area contributed by atoms with Crippen LogP contribution in [0.1, 0.15) is 81.8 Å². The van der Waals surface area contributed by atoms with Crippen molar-refractivity contribution in [2.24, 2.45) is 11.6 Å². The number of nitrogens with zero attached hydrogens (tertiary/aromatic N) is 4. The fraction of sp³-hybridized carbons (Fsp3) is 0.429. The minimum atomic E-state index is -0.502. The van der Waals surface area contributed by atoms with Crippen molar-refractivity contribution in [3.63, 3.8) is 0 Å². The van der Waals surface area contributed by atoms with E-state index < -0.39 is 5.82 Å². The fourth-order valence-corrected chi connectivity index (χ4v) is 6.18. The number of carbonyl (C=O) groups is 1. The summed E-state index contributed by atoms with van der Waals surface area (Å²) < 4.78 is 16.3. The van der Waals surface area contributed by atoms with E-state index in [1.54, 1.807) is 18.0 Å². The summed E-state index contributed by atoms with van der Waals surface area (Å²) >= 11 is 6.13. The maximum Gasteiger partial charge on any atom is 0.227 e. The molecule has 196 valence electrons. The van der Waals surface area contributed by atoms with Gasteiger partial charge in [-0.05, 0) is 62.9 Å². The van der Waals surface area contributed by atoms with E-state index in [2.05, 4.69) is 10.6 Å². The average Bonchev–Trinajstić information content (AvgIpc) is 3.24. The van der Waals surface area contributed by atoms with Gasteiger partial charge in [0.15, 0.2) is 0 Å². The third-order valence-corrected chi connectivity index (χ3v) is 7.87. The first-order valence-corrected chi connectivity index (χ1v) is 13.4. The summed E-state index contributed by atoms with van der Waals surface area (Å²) in [6.07, 6.45) is 7.68. The molecule has 1 amide bonds. The van der Waals surface area contributed by atoms with E-state index in [-0.39, 0.29) is 17.0 Å². The lowest BCUT2D eigenvalue weighted by molar-refractivity contribution is -0.120. The van der Waals surface area contributed by atoms with Gasteiger partial charge in [0.1, 0.15) is 11.6 Å². The van der Waals surface area contributed by atoms with Gasteiger partial charge < -0.3 is 20.2 Å². The second kappa shape index (κ2) is 10.3. The Labute approximate surface area is 221 Å². The van der Waals surface area contributed by atoms with Crippen LogP contribution in [0.5, 0.6) is 0 Å². The number of hydrogen-bond acceptors (Lipinski definition) is 5. The van der Waals surface area contributed by atoms with Crippen LogP contribution in [-0.4, -0.2) is 27.5 Å². The molecule has 5 rings (SSSR count). The third-order valence-electron chi connectivity index (χ3n) is 7.58. The average molecular weight is 525 g/mol. The summed E-state index contributed by atoms with van der Waals surface area (Å²) in [5.74, 6) is 6.45. The van der Waals surface area contributed by atoms with Crippen molar-refractivity contribution in [1.82, 2.24) is 14.6 Å². The van der Waals surface area contributed by atoms with Gasteiger partial charge in [0, 0.05) is 36.5 Å². The van der Waals surface area contributed by atoms with Crippen molar-refractivity contribution in [3.8, 4) is 0 Å². The molecule has 0 radical (unpaired) electrons. The van der Waals surface area contributed by atoms with E-state index in [9.17, 15) is 9.18 Å². The molecule has 7 nitrogen and oxygen atoms in total. The molecule has 9 heteroatoms. The van der Waals surface area contributed by atoms with Crippen molar-refractivity contribution in [1.29, 1.82) is 0 Å². The number of carbonyl (C=O) groups excluding carboxylic acids is 1. The Morgan fingerprint density at radius 2 is 1.86 bits per heavy atom. The smallest absolute Gasteiger partial charge is 0.227 e. The van der Waals surface area contributed by atoms with E-state index in [0.717, 1.165) is 53.8 Å². The predicted molar refractivity (Wildman–Crippen MR) is 146 cm³/mol. The number of hydrazine groups is 1. The highest BCUT2D eigenvalue weighted by Crippen LogP contribution is 2.41. The quantitative estimate of drug-likeness (QED) is 0.313. The van der Waals surface area contributed by atoms with Crippen molar-refractivity contribution in [2.45, 2.75) is 70.4 Å². The lowest BCUT2D eigenvalue weighted by Crippen LogP contribution is -2.40. The number of fused-ring (bicyclic) bond motifs is 1. The van der Waals surface area contributed by atoms with Crippen LogP contribution in [-0.2, 0) is 4.79 Å². The van der Waals surface area contributed by atoms with E-state index in [0.29, 0.717) is 23.8 Å². The lowest BCUT2D eigenvalue weighted by Gasteiger charge is -2.37. The van der Waals surface area contributed by atoms with Crippen LogP contribution in [0.2, 0.25) is 5.02 Å². The molecule has 4 N–H and O–H groups in total.